The summed E-state index contributed by atoms with van der Waals surface area (Å²) in [5, 5.41) is 16.5. The number of hydrogen-bond acceptors (Lipinski definition) is 4. The molecule has 1 aliphatic rings. The summed E-state index contributed by atoms with van der Waals surface area (Å²) in [5.74, 6) is 0.409. The molecule has 0 amide bonds. The van der Waals surface area contributed by atoms with Crippen LogP contribution in [0.25, 0.3) is 0 Å². The minimum atomic E-state index is 0.409. The number of hydrogen-bond donors (Lipinski definition) is 1. The van der Waals surface area contributed by atoms with Crippen LogP contribution in [0.2, 0.25) is 0 Å². The maximum atomic E-state index is 8.91. The van der Waals surface area contributed by atoms with Crippen LogP contribution < -0.4 is 0 Å². The van der Waals surface area contributed by atoms with Gasteiger partial charge < -0.3 is 10.1 Å². The van der Waals surface area contributed by atoms with Crippen LogP contribution in [0.1, 0.15) is 19.8 Å². The van der Waals surface area contributed by atoms with Crippen molar-refractivity contribution in [3.63, 3.8) is 0 Å². The van der Waals surface area contributed by atoms with Crippen LogP contribution in [0.4, 0.5) is 0 Å². The molecule has 17 heavy (non-hydrogen) atoms. The molecule has 1 N–H and O–H groups in total. The maximum Gasteiger partial charge on any atom is 0.0627 e. The lowest BCUT2D eigenvalue weighted by molar-refractivity contribution is 0.217. The third-order valence-corrected chi connectivity index (χ3v) is 3.46. The van der Waals surface area contributed by atoms with Crippen molar-refractivity contribution in [1.82, 2.24) is 14.7 Å². The highest BCUT2D eigenvalue weighted by Gasteiger charge is 2.24. The van der Waals surface area contributed by atoms with Crippen molar-refractivity contribution < 1.29 is 5.21 Å². The Labute approximate surface area is 102 Å². The molecule has 1 atom stereocenters. The number of nitrogens with zero attached hydrogens (tertiary/aromatic N) is 4. The van der Waals surface area contributed by atoms with Gasteiger partial charge in [-0.15, -0.1) is 0 Å². The Morgan fingerprint density at radius 2 is 2.41 bits per heavy atom. The minimum absolute atomic E-state index is 0.409. The van der Waals surface area contributed by atoms with Crippen molar-refractivity contribution in [2.45, 2.75) is 26.3 Å². The molecule has 1 aliphatic heterocycles. The van der Waals surface area contributed by atoms with Gasteiger partial charge in [-0.25, -0.2) is 0 Å². The summed E-state index contributed by atoms with van der Waals surface area (Å²) in [6.45, 7) is 6.06. The first-order valence-electron chi connectivity index (χ1n) is 6.24. The Morgan fingerprint density at radius 3 is 3.06 bits per heavy atom. The summed E-state index contributed by atoms with van der Waals surface area (Å²) in [6, 6.07) is 1.95. The highest BCUT2D eigenvalue weighted by Crippen LogP contribution is 2.17. The maximum absolute atomic E-state index is 8.91. The number of rotatable bonds is 4. The zero-order chi connectivity index (χ0) is 12.1. The van der Waals surface area contributed by atoms with Crippen molar-refractivity contribution >= 4 is 5.71 Å². The average molecular weight is 236 g/mol. The van der Waals surface area contributed by atoms with Crippen molar-refractivity contribution in [3.05, 3.63) is 18.5 Å². The zero-order valence-electron chi connectivity index (χ0n) is 10.3. The molecule has 5 nitrogen and oxygen atoms in total. The molecule has 1 aromatic heterocycles. The Hall–Kier alpha value is -1.36. The SMILES string of the molecule is CCC1CN(CCn2cccn2)CC/C1=N\O. The van der Waals surface area contributed by atoms with E-state index in [-0.39, 0.29) is 0 Å². The number of piperidine rings is 1. The molecule has 1 aromatic rings. The summed E-state index contributed by atoms with van der Waals surface area (Å²) in [6.07, 6.45) is 5.72. The first-order chi connectivity index (χ1) is 8.33. The zero-order valence-corrected chi connectivity index (χ0v) is 10.3. The third-order valence-electron chi connectivity index (χ3n) is 3.46. The molecular formula is C12H20N4O. The second-order valence-corrected chi connectivity index (χ2v) is 4.52. The van der Waals surface area contributed by atoms with Gasteiger partial charge in [-0.2, -0.15) is 5.10 Å². The van der Waals surface area contributed by atoms with Gasteiger partial charge in [0.05, 0.1) is 12.3 Å². The molecule has 1 unspecified atom stereocenters. The Bertz CT molecular complexity index is 361. The molecule has 2 rings (SSSR count). The van der Waals surface area contributed by atoms with E-state index in [1.165, 1.54) is 0 Å². The molecular weight excluding hydrogens is 216 g/mol. The molecule has 0 aliphatic carbocycles. The molecule has 5 heteroatoms. The number of oxime groups is 1. The summed E-state index contributed by atoms with van der Waals surface area (Å²) >= 11 is 0. The van der Waals surface area contributed by atoms with Gasteiger partial charge in [0.25, 0.3) is 0 Å². The van der Waals surface area contributed by atoms with Gasteiger partial charge >= 0.3 is 0 Å². The van der Waals surface area contributed by atoms with Gasteiger partial charge in [0.1, 0.15) is 0 Å². The molecule has 0 aromatic carbocycles. The van der Waals surface area contributed by atoms with Gasteiger partial charge in [0.15, 0.2) is 0 Å². The van der Waals surface area contributed by atoms with Crippen molar-refractivity contribution in [2.75, 3.05) is 19.6 Å². The summed E-state index contributed by atoms with van der Waals surface area (Å²) < 4.78 is 1.95. The van der Waals surface area contributed by atoms with Gasteiger partial charge in [0.2, 0.25) is 0 Å². The number of aromatic nitrogens is 2. The Morgan fingerprint density at radius 1 is 1.53 bits per heavy atom. The van der Waals surface area contributed by atoms with Crippen molar-refractivity contribution in [1.29, 1.82) is 0 Å². The Balaban J connectivity index is 1.83. The highest BCUT2D eigenvalue weighted by atomic mass is 16.4. The first kappa shape index (κ1) is 12.1. The predicted molar refractivity (Wildman–Crippen MR) is 66.3 cm³/mol. The molecule has 1 saturated heterocycles. The summed E-state index contributed by atoms with van der Waals surface area (Å²) in [4.78, 5) is 2.42. The van der Waals surface area contributed by atoms with Gasteiger partial charge in [0, 0.05) is 44.4 Å². The monoisotopic (exact) mass is 236 g/mol. The predicted octanol–water partition coefficient (Wildman–Crippen LogP) is 1.45. The van der Waals surface area contributed by atoms with Crippen LogP contribution >= 0.6 is 0 Å². The summed E-state index contributed by atoms with van der Waals surface area (Å²) in [7, 11) is 0. The molecule has 0 bridgehead atoms. The summed E-state index contributed by atoms with van der Waals surface area (Å²) in [5.41, 5.74) is 0.961. The molecule has 94 valence electrons. The van der Waals surface area contributed by atoms with Crippen LogP contribution in [0.5, 0.6) is 0 Å². The fourth-order valence-corrected chi connectivity index (χ4v) is 2.36. The van der Waals surface area contributed by atoms with E-state index in [9.17, 15) is 0 Å². The first-order valence-corrected chi connectivity index (χ1v) is 6.24. The van der Waals surface area contributed by atoms with E-state index in [2.05, 4.69) is 22.1 Å². The second kappa shape index (κ2) is 5.82. The molecule has 0 spiro atoms. The fraction of sp³-hybridized carbons (Fsp3) is 0.667. The molecule has 0 saturated carbocycles. The van der Waals surface area contributed by atoms with E-state index in [1.807, 2.05) is 23.1 Å². The molecule has 2 heterocycles. The topological polar surface area (TPSA) is 53.7 Å². The normalized spacial score (nSPS) is 24.3. The lowest BCUT2D eigenvalue weighted by Crippen LogP contribution is -2.42. The smallest absolute Gasteiger partial charge is 0.0627 e. The highest BCUT2D eigenvalue weighted by molar-refractivity contribution is 5.87. The standard InChI is InChI=1S/C12H20N4O/c1-2-11-10-15(7-4-12(11)14-17)8-9-16-6-3-5-13-16/h3,5-6,11,17H,2,4,7-10H2,1H3/b14-12+. The minimum Gasteiger partial charge on any atom is -0.411 e. The van der Waals surface area contributed by atoms with Crippen LogP contribution in [-0.4, -0.2) is 45.2 Å². The van der Waals surface area contributed by atoms with Crippen LogP contribution in [0, 0.1) is 5.92 Å². The van der Waals surface area contributed by atoms with Crippen LogP contribution in [0.15, 0.2) is 23.6 Å². The van der Waals surface area contributed by atoms with Gasteiger partial charge in [-0.1, -0.05) is 12.1 Å². The Kier molecular flexibility index (Phi) is 4.14. The van der Waals surface area contributed by atoms with Gasteiger partial charge in [-0.05, 0) is 12.5 Å². The van der Waals surface area contributed by atoms with Crippen LogP contribution in [-0.2, 0) is 6.54 Å². The van der Waals surface area contributed by atoms with Crippen molar-refractivity contribution in [2.24, 2.45) is 11.1 Å². The van der Waals surface area contributed by atoms with E-state index in [0.717, 1.165) is 44.7 Å². The van der Waals surface area contributed by atoms with E-state index in [0.29, 0.717) is 5.92 Å². The second-order valence-electron chi connectivity index (χ2n) is 4.52. The van der Waals surface area contributed by atoms with Crippen molar-refractivity contribution in [3.8, 4) is 0 Å². The average Bonchev–Trinajstić information content (AvgIpc) is 2.89. The lowest BCUT2D eigenvalue weighted by atomic mass is 9.93. The van der Waals surface area contributed by atoms with Gasteiger partial charge in [-0.3, -0.25) is 4.68 Å². The molecule has 0 radical (unpaired) electrons. The van der Waals surface area contributed by atoms with Crippen LogP contribution in [0.3, 0.4) is 0 Å². The van der Waals surface area contributed by atoms with E-state index in [1.54, 1.807) is 0 Å². The van der Waals surface area contributed by atoms with E-state index in [4.69, 9.17) is 5.21 Å². The van der Waals surface area contributed by atoms with E-state index >= 15 is 0 Å². The number of likely N-dealkylation sites (tertiary alicyclic amines) is 1. The largest absolute Gasteiger partial charge is 0.411 e. The fourth-order valence-electron chi connectivity index (χ4n) is 2.36. The quantitative estimate of drug-likeness (QED) is 0.636. The lowest BCUT2D eigenvalue weighted by Gasteiger charge is -2.32. The molecule has 1 fully saturated rings. The third kappa shape index (κ3) is 3.06. The van der Waals surface area contributed by atoms with E-state index < -0.39 is 0 Å².